The molecule has 0 radical (unpaired) electrons. The number of carbonyl (C=O) groups excluding carboxylic acids is 2. The highest BCUT2D eigenvalue weighted by atomic mass is 16.5. The predicted molar refractivity (Wildman–Crippen MR) is 111 cm³/mol. The molecule has 2 amide bonds. The number of ether oxygens (including phenoxy) is 1. The molecule has 0 aliphatic heterocycles. The van der Waals surface area contributed by atoms with Gasteiger partial charge in [-0.15, -0.1) is 0 Å². The zero-order valence-corrected chi connectivity index (χ0v) is 15.7. The van der Waals surface area contributed by atoms with Crippen LogP contribution in [0.2, 0.25) is 0 Å². The molecule has 0 bridgehead atoms. The fourth-order valence-corrected chi connectivity index (χ4v) is 2.83. The van der Waals surface area contributed by atoms with E-state index in [0.29, 0.717) is 23.5 Å². The third-order valence-corrected chi connectivity index (χ3v) is 4.20. The standard InChI is InChI=1S/C23H22N2O3/c1-2-25(19-13-7-4-8-14-19)22(26)17-28-21-16-10-9-15-20(21)23(27)24-18-11-5-3-6-12-18/h3-16H,2,17H2,1H3,(H,24,27). The lowest BCUT2D eigenvalue weighted by Gasteiger charge is -2.21. The number of hydrogen-bond acceptors (Lipinski definition) is 3. The molecule has 0 atom stereocenters. The number of hydrogen-bond donors (Lipinski definition) is 1. The molecular weight excluding hydrogens is 352 g/mol. The molecule has 3 rings (SSSR count). The summed E-state index contributed by atoms with van der Waals surface area (Å²) < 4.78 is 5.71. The molecule has 5 nitrogen and oxygen atoms in total. The van der Waals surface area contributed by atoms with Crippen LogP contribution in [0, 0.1) is 0 Å². The first-order valence-corrected chi connectivity index (χ1v) is 9.12. The molecule has 5 heteroatoms. The Morgan fingerprint density at radius 2 is 1.46 bits per heavy atom. The Morgan fingerprint density at radius 1 is 0.857 bits per heavy atom. The number of para-hydroxylation sites is 3. The Hall–Kier alpha value is -3.60. The Kier molecular flexibility index (Phi) is 6.41. The highest BCUT2D eigenvalue weighted by Gasteiger charge is 2.17. The molecule has 3 aromatic rings. The molecule has 1 N–H and O–H groups in total. The van der Waals surface area contributed by atoms with Crippen LogP contribution in [-0.4, -0.2) is 25.0 Å². The molecule has 0 unspecified atom stereocenters. The summed E-state index contributed by atoms with van der Waals surface area (Å²) in [6, 6.07) is 25.5. The Balaban J connectivity index is 1.69. The Morgan fingerprint density at radius 3 is 2.14 bits per heavy atom. The van der Waals surface area contributed by atoms with Gasteiger partial charge in [0.05, 0.1) is 5.56 Å². The first kappa shape index (κ1) is 19.2. The highest BCUT2D eigenvalue weighted by molar-refractivity contribution is 6.06. The minimum absolute atomic E-state index is 0.154. The van der Waals surface area contributed by atoms with Crippen LogP contribution in [0.5, 0.6) is 5.75 Å². The number of anilines is 2. The predicted octanol–water partition coefficient (Wildman–Crippen LogP) is 4.37. The smallest absolute Gasteiger partial charge is 0.264 e. The number of amides is 2. The Labute approximate surface area is 164 Å². The van der Waals surface area contributed by atoms with Crippen LogP contribution in [0.3, 0.4) is 0 Å². The topological polar surface area (TPSA) is 58.6 Å². The SMILES string of the molecule is CCN(C(=O)COc1ccccc1C(=O)Nc1ccccc1)c1ccccc1. The van der Waals surface area contributed by atoms with Crippen LogP contribution in [0.1, 0.15) is 17.3 Å². The van der Waals surface area contributed by atoms with Crippen molar-refractivity contribution >= 4 is 23.2 Å². The van der Waals surface area contributed by atoms with Crippen LogP contribution in [0.15, 0.2) is 84.9 Å². The second kappa shape index (κ2) is 9.37. The Bertz CT molecular complexity index is 927. The van der Waals surface area contributed by atoms with Gasteiger partial charge in [0.15, 0.2) is 6.61 Å². The van der Waals surface area contributed by atoms with Crippen molar-refractivity contribution in [2.24, 2.45) is 0 Å². The maximum Gasteiger partial charge on any atom is 0.264 e. The summed E-state index contributed by atoms with van der Waals surface area (Å²) >= 11 is 0. The zero-order chi connectivity index (χ0) is 19.8. The molecule has 28 heavy (non-hydrogen) atoms. The molecular formula is C23H22N2O3. The van der Waals surface area contributed by atoms with Crippen LogP contribution in [-0.2, 0) is 4.79 Å². The van der Waals surface area contributed by atoms with Crippen molar-refractivity contribution in [3.8, 4) is 5.75 Å². The molecule has 142 valence electrons. The van der Waals surface area contributed by atoms with Crippen molar-refractivity contribution < 1.29 is 14.3 Å². The third kappa shape index (κ3) is 4.76. The third-order valence-electron chi connectivity index (χ3n) is 4.20. The zero-order valence-electron chi connectivity index (χ0n) is 15.7. The van der Waals surface area contributed by atoms with Gasteiger partial charge < -0.3 is 15.0 Å². The van der Waals surface area contributed by atoms with E-state index in [1.54, 1.807) is 29.2 Å². The fraction of sp³-hybridized carbons (Fsp3) is 0.130. The highest BCUT2D eigenvalue weighted by Crippen LogP contribution is 2.20. The lowest BCUT2D eigenvalue weighted by molar-refractivity contribution is -0.120. The number of benzene rings is 3. The van der Waals surface area contributed by atoms with Crippen molar-refractivity contribution in [2.75, 3.05) is 23.4 Å². The summed E-state index contributed by atoms with van der Waals surface area (Å²) in [6.07, 6.45) is 0. The number of nitrogens with zero attached hydrogens (tertiary/aromatic N) is 1. The van der Waals surface area contributed by atoms with Crippen molar-refractivity contribution in [3.63, 3.8) is 0 Å². The lowest BCUT2D eigenvalue weighted by atomic mass is 10.2. The van der Waals surface area contributed by atoms with Gasteiger partial charge in [0.1, 0.15) is 5.75 Å². The van der Waals surface area contributed by atoms with Crippen molar-refractivity contribution in [1.82, 2.24) is 0 Å². The number of rotatable bonds is 7. The molecule has 0 saturated heterocycles. The first-order valence-electron chi connectivity index (χ1n) is 9.12. The van der Waals surface area contributed by atoms with Crippen molar-refractivity contribution in [3.05, 3.63) is 90.5 Å². The van der Waals surface area contributed by atoms with Gasteiger partial charge in [0, 0.05) is 17.9 Å². The molecule has 0 heterocycles. The minimum atomic E-state index is -0.287. The van der Waals surface area contributed by atoms with Gasteiger partial charge in [-0.25, -0.2) is 0 Å². The van der Waals surface area contributed by atoms with E-state index in [0.717, 1.165) is 5.69 Å². The van der Waals surface area contributed by atoms with E-state index in [1.807, 2.05) is 67.6 Å². The van der Waals surface area contributed by atoms with Gasteiger partial charge in [0.25, 0.3) is 11.8 Å². The van der Waals surface area contributed by atoms with Gasteiger partial charge in [0.2, 0.25) is 0 Å². The van der Waals surface area contributed by atoms with Gasteiger partial charge >= 0.3 is 0 Å². The summed E-state index contributed by atoms with van der Waals surface area (Å²) in [5, 5.41) is 2.83. The van der Waals surface area contributed by atoms with E-state index in [-0.39, 0.29) is 18.4 Å². The van der Waals surface area contributed by atoms with Gasteiger partial charge in [-0.2, -0.15) is 0 Å². The van der Waals surface area contributed by atoms with Crippen molar-refractivity contribution in [2.45, 2.75) is 6.92 Å². The number of nitrogens with one attached hydrogen (secondary N) is 1. The molecule has 3 aromatic carbocycles. The summed E-state index contributed by atoms with van der Waals surface area (Å²) in [7, 11) is 0. The second-order valence-electron chi connectivity index (χ2n) is 6.08. The maximum atomic E-state index is 12.6. The van der Waals surface area contributed by atoms with Crippen LogP contribution < -0.4 is 15.0 Å². The monoisotopic (exact) mass is 374 g/mol. The summed E-state index contributed by atoms with van der Waals surface area (Å²) in [6.45, 7) is 2.28. The summed E-state index contributed by atoms with van der Waals surface area (Å²) in [5.74, 6) is -0.0926. The van der Waals surface area contributed by atoms with E-state index in [4.69, 9.17) is 4.74 Å². The van der Waals surface area contributed by atoms with Crippen LogP contribution in [0.4, 0.5) is 11.4 Å². The normalized spacial score (nSPS) is 10.2. The average Bonchev–Trinajstić information content (AvgIpc) is 2.74. The lowest BCUT2D eigenvalue weighted by Crippen LogP contribution is -2.34. The number of likely N-dealkylation sites (N-methyl/N-ethyl adjacent to an activating group) is 1. The largest absolute Gasteiger partial charge is 0.483 e. The quantitative estimate of drug-likeness (QED) is 0.668. The van der Waals surface area contributed by atoms with Gasteiger partial charge in [-0.05, 0) is 43.3 Å². The van der Waals surface area contributed by atoms with Gasteiger partial charge in [-0.1, -0.05) is 48.5 Å². The van der Waals surface area contributed by atoms with E-state index < -0.39 is 0 Å². The summed E-state index contributed by atoms with van der Waals surface area (Å²) in [5.41, 5.74) is 1.88. The van der Waals surface area contributed by atoms with Crippen molar-refractivity contribution in [1.29, 1.82) is 0 Å². The maximum absolute atomic E-state index is 12.6. The van der Waals surface area contributed by atoms with E-state index >= 15 is 0 Å². The molecule has 0 spiro atoms. The molecule has 0 aliphatic rings. The summed E-state index contributed by atoms with van der Waals surface area (Å²) in [4.78, 5) is 26.9. The van der Waals surface area contributed by atoms with Crippen LogP contribution in [0.25, 0.3) is 0 Å². The fourth-order valence-electron chi connectivity index (χ4n) is 2.83. The minimum Gasteiger partial charge on any atom is -0.483 e. The van der Waals surface area contributed by atoms with Crippen LogP contribution >= 0.6 is 0 Å². The number of carbonyl (C=O) groups is 2. The van der Waals surface area contributed by atoms with E-state index in [2.05, 4.69) is 5.32 Å². The molecule has 0 fully saturated rings. The molecule has 0 aliphatic carbocycles. The van der Waals surface area contributed by atoms with E-state index in [1.165, 1.54) is 0 Å². The van der Waals surface area contributed by atoms with Gasteiger partial charge in [-0.3, -0.25) is 9.59 Å². The van der Waals surface area contributed by atoms with E-state index in [9.17, 15) is 9.59 Å². The molecule has 0 saturated carbocycles. The molecule has 0 aromatic heterocycles. The second-order valence-corrected chi connectivity index (χ2v) is 6.08. The average molecular weight is 374 g/mol. The first-order chi connectivity index (χ1) is 13.7.